The molecule has 2 fully saturated rings. The van der Waals surface area contributed by atoms with Crippen LogP contribution in [0.15, 0.2) is 60.9 Å². The molecule has 5 aromatic rings. The molecule has 2 saturated heterocycles. The minimum Gasteiger partial charge on any atom is -0.508 e. The summed E-state index contributed by atoms with van der Waals surface area (Å²) in [5.74, 6) is 0.977. The quantitative estimate of drug-likeness (QED) is 0.0982. The molecule has 18 heteroatoms. The zero-order valence-corrected chi connectivity index (χ0v) is 27.9. The smallest absolute Gasteiger partial charge is 0.315 e. The van der Waals surface area contributed by atoms with Crippen LogP contribution >= 0.6 is 0 Å². The summed E-state index contributed by atoms with van der Waals surface area (Å²) in [7, 11) is 0. The van der Waals surface area contributed by atoms with Crippen molar-refractivity contribution in [2.24, 2.45) is 0 Å². The monoisotopic (exact) mass is 700 g/mol. The van der Waals surface area contributed by atoms with Gasteiger partial charge in [0.15, 0.2) is 29.3 Å². The third-order valence-electron chi connectivity index (χ3n) is 9.06. The lowest BCUT2D eigenvalue weighted by atomic mass is 10.1. The Morgan fingerprint density at radius 2 is 1.90 bits per heavy atom. The van der Waals surface area contributed by atoms with Gasteiger partial charge in [0, 0.05) is 32.2 Å². The number of amides is 2. The van der Waals surface area contributed by atoms with Gasteiger partial charge in [0.1, 0.15) is 24.7 Å². The molecule has 0 spiro atoms. The van der Waals surface area contributed by atoms with Crippen LogP contribution in [0.3, 0.4) is 0 Å². The summed E-state index contributed by atoms with van der Waals surface area (Å²) in [6.07, 6.45) is -2.18. The molecule has 0 aliphatic carbocycles. The van der Waals surface area contributed by atoms with E-state index in [9.17, 15) is 25.2 Å². The summed E-state index contributed by atoms with van der Waals surface area (Å²) in [5, 5.41) is 60.5. The normalized spacial score (nSPS) is 21.7. The van der Waals surface area contributed by atoms with Crippen LogP contribution in [0.4, 0.5) is 16.6 Å². The van der Waals surface area contributed by atoms with Crippen molar-refractivity contribution in [3.8, 4) is 5.75 Å². The van der Waals surface area contributed by atoms with Crippen molar-refractivity contribution in [2.45, 2.75) is 63.4 Å². The maximum absolute atomic E-state index is 12.8. The zero-order chi connectivity index (χ0) is 35.5. The summed E-state index contributed by atoms with van der Waals surface area (Å²) in [5.41, 5.74) is 2.53. The fraction of sp³-hybridized carbons (Fsp3) is 0.424. The molecular formula is C33H40N12O6. The number of hydrogen-bond donors (Lipinski definition) is 6. The van der Waals surface area contributed by atoms with Gasteiger partial charge in [-0.2, -0.15) is 14.8 Å². The summed E-state index contributed by atoms with van der Waals surface area (Å²) >= 11 is 0. The molecule has 6 N–H and O–H groups in total. The fourth-order valence-corrected chi connectivity index (χ4v) is 6.34. The number of imidazole rings is 1. The van der Waals surface area contributed by atoms with Crippen molar-refractivity contribution < 1.29 is 30.0 Å². The van der Waals surface area contributed by atoms with Gasteiger partial charge in [-0.05, 0) is 48.2 Å². The number of anilines is 2. The Morgan fingerprint density at radius 3 is 2.67 bits per heavy atom. The molecule has 18 nitrogen and oxygen atoms in total. The van der Waals surface area contributed by atoms with E-state index in [2.05, 4.69) is 31.0 Å². The molecule has 5 atom stereocenters. The number of hydrogen-bond acceptors (Lipinski definition) is 14. The molecule has 2 aromatic carbocycles. The molecule has 2 aliphatic heterocycles. The Balaban J connectivity index is 1.15. The number of aromatic nitrogens is 8. The Labute approximate surface area is 292 Å². The lowest BCUT2D eigenvalue weighted by Gasteiger charge is -2.24. The molecule has 0 bridgehead atoms. The maximum atomic E-state index is 12.8. The van der Waals surface area contributed by atoms with Gasteiger partial charge < -0.3 is 45.6 Å². The standard InChI is InChI=1S/C33H40N12O6/c1-2-45-40-28(39-41-45)27-25(48)26(49)31(51-27)44-18-35-24-29(43(19-46)13-11-20-7-4-3-5-8-20)37-32(38-30(24)44)42-14-12-22(17-42)36-33(50)34-16-21-9-6-10-23(47)15-21/h3-10,15,18,22,25-27,31,46-49H,2,11-14,16-17,19H2,1H3,(H2,34,36,50)/t22-,25+,26-,27+,31-/m1/s1. The minimum atomic E-state index is -1.38. The first-order valence-corrected chi connectivity index (χ1v) is 16.8. The number of aromatic hydroxyl groups is 1. The molecule has 2 aliphatic rings. The number of nitrogens with one attached hydrogen (secondary N) is 2. The van der Waals surface area contributed by atoms with Crippen molar-refractivity contribution in [3.63, 3.8) is 0 Å². The van der Waals surface area contributed by atoms with Crippen LogP contribution in [0, 0.1) is 0 Å². The molecule has 3 aromatic heterocycles. The fourth-order valence-electron chi connectivity index (χ4n) is 6.34. The molecule has 51 heavy (non-hydrogen) atoms. The van der Waals surface area contributed by atoms with Gasteiger partial charge in [-0.1, -0.05) is 42.5 Å². The van der Waals surface area contributed by atoms with Gasteiger partial charge in [-0.25, -0.2) is 9.78 Å². The van der Waals surface area contributed by atoms with E-state index in [4.69, 9.17) is 14.7 Å². The molecule has 0 radical (unpaired) electrons. The summed E-state index contributed by atoms with van der Waals surface area (Å²) in [6.45, 7) is 3.58. The first kappa shape index (κ1) is 34.0. The van der Waals surface area contributed by atoms with Gasteiger partial charge in [0.05, 0.1) is 12.9 Å². The number of phenols is 1. The summed E-state index contributed by atoms with van der Waals surface area (Å²) in [6, 6.07) is 16.0. The van der Waals surface area contributed by atoms with Crippen LogP contribution in [0.1, 0.15) is 42.6 Å². The van der Waals surface area contributed by atoms with Gasteiger partial charge in [0.25, 0.3) is 0 Å². The maximum Gasteiger partial charge on any atom is 0.315 e. The number of carbonyl (C=O) groups excluding carboxylic acids is 1. The lowest BCUT2D eigenvalue weighted by molar-refractivity contribution is -0.0384. The Hall–Kier alpha value is -5.43. The van der Waals surface area contributed by atoms with Gasteiger partial charge >= 0.3 is 6.03 Å². The van der Waals surface area contributed by atoms with Crippen LogP contribution in [-0.2, 0) is 24.2 Å². The van der Waals surface area contributed by atoms with Crippen LogP contribution < -0.4 is 20.4 Å². The number of nitrogens with zero attached hydrogens (tertiary/aromatic N) is 10. The van der Waals surface area contributed by atoms with Crippen LogP contribution in [-0.4, -0.2) is 111 Å². The van der Waals surface area contributed by atoms with E-state index in [0.29, 0.717) is 62.0 Å². The third kappa shape index (κ3) is 7.25. The predicted octanol–water partition coefficient (Wildman–Crippen LogP) is 0.607. The molecule has 5 heterocycles. The molecule has 7 rings (SSSR count). The second kappa shape index (κ2) is 14.8. The van der Waals surface area contributed by atoms with Gasteiger partial charge in [0.2, 0.25) is 11.8 Å². The van der Waals surface area contributed by atoms with Crippen molar-refractivity contribution >= 4 is 29.0 Å². The van der Waals surface area contributed by atoms with E-state index in [0.717, 1.165) is 11.1 Å². The van der Waals surface area contributed by atoms with Crippen molar-refractivity contribution in [2.75, 3.05) is 36.2 Å². The topological polar surface area (TPSA) is 225 Å². The predicted molar refractivity (Wildman–Crippen MR) is 182 cm³/mol. The molecule has 2 amide bonds. The highest BCUT2D eigenvalue weighted by molar-refractivity contribution is 5.85. The minimum absolute atomic E-state index is 0.127. The van der Waals surface area contributed by atoms with E-state index in [1.165, 1.54) is 15.7 Å². The molecule has 268 valence electrons. The molecular weight excluding hydrogens is 660 g/mol. The Morgan fingerprint density at radius 1 is 1.08 bits per heavy atom. The number of benzene rings is 2. The SMILES string of the molecule is CCn1nnc([C@H]2O[C@@H](n3cnc4c(N(CO)CCc5ccccc5)nc(N5CC[C@@H](NC(=O)NCc6cccc(O)c6)C5)nc43)[C@H](O)[C@@H]2O)n1. The summed E-state index contributed by atoms with van der Waals surface area (Å²) in [4.78, 5) is 32.1. The van der Waals surface area contributed by atoms with E-state index in [1.807, 2.05) is 48.2 Å². The highest BCUT2D eigenvalue weighted by Crippen LogP contribution is 2.39. The Bertz CT molecular complexity index is 1960. The van der Waals surface area contributed by atoms with Crippen LogP contribution in [0.5, 0.6) is 5.75 Å². The van der Waals surface area contributed by atoms with E-state index < -0.39 is 24.5 Å². The van der Waals surface area contributed by atoms with Gasteiger partial charge in [-0.3, -0.25) is 4.57 Å². The van der Waals surface area contributed by atoms with E-state index in [-0.39, 0.29) is 36.9 Å². The summed E-state index contributed by atoms with van der Waals surface area (Å²) < 4.78 is 7.68. The number of rotatable bonds is 12. The van der Waals surface area contributed by atoms with Crippen molar-refractivity contribution in [3.05, 3.63) is 77.9 Å². The first-order valence-electron chi connectivity index (χ1n) is 16.8. The highest BCUT2D eigenvalue weighted by atomic mass is 16.6. The lowest BCUT2D eigenvalue weighted by Crippen LogP contribution is -2.43. The Kier molecular flexibility index (Phi) is 9.89. The number of aliphatic hydroxyl groups is 3. The molecule has 0 saturated carbocycles. The first-order chi connectivity index (χ1) is 24.8. The average molecular weight is 701 g/mol. The van der Waals surface area contributed by atoms with Crippen molar-refractivity contribution in [1.29, 1.82) is 0 Å². The second-order valence-electron chi connectivity index (χ2n) is 12.5. The van der Waals surface area contributed by atoms with Gasteiger partial charge in [-0.15, -0.1) is 10.2 Å². The number of ether oxygens (including phenoxy) is 1. The number of phenolic OH excluding ortho intramolecular Hbond substituents is 1. The average Bonchev–Trinajstić information content (AvgIpc) is 3.95. The van der Waals surface area contributed by atoms with Crippen LogP contribution in [0.2, 0.25) is 0 Å². The van der Waals surface area contributed by atoms with Crippen LogP contribution in [0.25, 0.3) is 11.2 Å². The number of aliphatic hydroxyl groups excluding tert-OH is 3. The largest absolute Gasteiger partial charge is 0.508 e. The number of aryl methyl sites for hydroxylation is 1. The second-order valence-corrected chi connectivity index (χ2v) is 12.5. The number of urea groups is 1. The van der Waals surface area contributed by atoms with Crippen molar-refractivity contribution in [1.82, 2.24) is 50.4 Å². The number of tetrazole rings is 1. The third-order valence-corrected chi connectivity index (χ3v) is 9.06. The zero-order valence-electron chi connectivity index (χ0n) is 27.9. The highest BCUT2D eigenvalue weighted by Gasteiger charge is 2.47. The number of fused-ring (bicyclic) bond motifs is 1. The number of carbonyl (C=O) groups is 1. The molecule has 0 unspecified atom stereocenters. The van der Waals surface area contributed by atoms with E-state index >= 15 is 0 Å². The van der Waals surface area contributed by atoms with E-state index in [1.54, 1.807) is 23.1 Å².